The topological polar surface area (TPSA) is 24.1 Å². The van der Waals surface area contributed by atoms with Crippen LogP contribution in [0.5, 0.6) is 0 Å². The number of rotatable bonds is 2. The molecule has 0 bridgehead atoms. The van der Waals surface area contributed by atoms with E-state index in [1.807, 2.05) is 0 Å². The fraction of sp³-hybridized carbons (Fsp3) is 0.588. The Morgan fingerprint density at radius 3 is 2.70 bits per heavy atom. The normalized spacial score (nSPS) is 26.1. The number of thiocarbonyl (C=S) groups is 1. The van der Waals surface area contributed by atoms with Crippen LogP contribution in [0, 0.1) is 25.7 Å². The van der Waals surface area contributed by atoms with Gasteiger partial charge in [0.25, 0.3) is 0 Å². The number of benzene rings is 1. The van der Waals surface area contributed by atoms with Gasteiger partial charge in [0, 0.05) is 11.7 Å². The van der Waals surface area contributed by atoms with E-state index in [1.54, 1.807) is 0 Å². The molecule has 2 rings (SSSR count). The summed E-state index contributed by atoms with van der Waals surface area (Å²) in [6, 6.07) is 6.79. The van der Waals surface area contributed by atoms with Crippen LogP contribution in [0.3, 0.4) is 0 Å². The molecule has 20 heavy (non-hydrogen) atoms. The van der Waals surface area contributed by atoms with Crippen LogP contribution in [-0.2, 0) is 0 Å². The van der Waals surface area contributed by atoms with E-state index in [-0.39, 0.29) is 0 Å². The lowest BCUT2D eigenvalue weighted by Gasteiger charge is -2.35. The van der Waals surface area contributed by atoms with Crippen LogP contribution in [-0.4, -0.2) is 11.2 Å². The molecule has 1 fully saturated rings. The highest BCUT2D eigenvalue weighted by Crippen LogP contribution is 2.29. The van der Waals surface area contributed by atoms with E-state index in [0.29, 0.717) is 12.0 Å². The summed E-state index contributed by atoms with van der Waals surface area (Å²) in [5.41, 5.74) is 3.66. The number of hydrogen-bond acceptors (Lipinski definition) is 1. The fourth-order valence-corrected chi connectivity index (χ4v) is 3.26. The van der Waals surface area contributed by atoms with Crippen molar-refractivity contribution in [2.24, 2.45) is 11.8 Å². The summed E-state index contributed by atoms with van der Waals surface area (Å²) in [6.45, 7) is 8.94. The van der Waals surface area contributed by atoms with Crippen LogP contribution in [0.25, 0.3) is 0 Å². The molecular weight excluding hydrogens is 264 g/mol. The molecule has 0 radical (unpaired) electrons. The van der Waals surface area contributed by atoms with Crippen LogP contribution in [0.4, 0.5) is 5.69 Å². The van der Waals surface area contributed by atoms with Gasteiger partial charge in [-0.05, 0) is 61.5 Å². The third-order valence-electron chi connectivity index (χ3n) is 4.88. The number of aryl methyl sites for hydroxylation is 1. The van der Waals surface area contributed by atoms with Gasteiger partial charge in [-0.15, -0.1) is 0 Å². The third kappa shape index (κ3) is 3.51. The predicted octanol–water partition coefficient (Wildman–Crippen LogP) is 4.41. The maximum absolute atomic E-state index is 5.49. The summed E-state index contributed by atoms with van der Waals surface area (Å²) in [6.07, 6.45) is 3.87. The fourth-order valence-electron chi connectivity index (χ4n) is 3.00. The highest BCUT2D eigenvalue weighted by molar-refractivity contribution is 7.80. The van der Waals surface area contributed by atoms with Crippen molar-refractivity contribution in [2.45, 2.75) is 53.0 Å². The van der Waals surface area contributed by atoms with E-state index in [2.05, 4.69) is 56.5 Å². The standard InChI is InChI=1S/C17H26N2S/c1-11-7-5-9-15(13(11)3)18-17(20)19-16-10-6-8-12(2)14(16)4/h5,7,9,12,14,16H,6,8,10H2,1-4H3,(H2,18,19,20)/t12-,14-,16-/m1/s1. The maximum Gasteiger partial charge on any atom is 0.171 e. The lowest BCUT2D eigenvalue weighted by Crippen LogP contribution is -2.45. The Morgan fingerprint density at radius 1 is 1.20 bits per heavy atom. The molecule has 0 spiro atoms. The minimum Gasteiger partial charge on any atom is -0.359 e. The molecule has 1 aromatic carbocycles. The van der Waals surface area contributed by atoms with Gasteiger partial charge in [-0.2, -0.15) is 0 Å². The molecule has 2 N–H and O–H groups in total. The molecular formula is C17H26N2S. The van der Waals surface area contributed by atoms with Crippen molar-refractivity contribution in [3.05, 3.63) is 29.3 Å². The Hall–Kier alpha value is -1.09. The smallest absolute Gasteiger partial charge is 0.171 e. The summed E-state index contributed by atoms with van der Waals surface area (Å²) >= 11 is 5.49. The first-order valence-corrected chi connectivity index (χ1v) is 8.03. The summed E-state index contributed by atoms with van der Waals surface area (Å²) in [4.78, 5) is 0. The lowest BCUT2D eigenvalue weighted by molar-refractivity contribution is 0.225. The van der Waals surface area contributed by atoms with Gasteiger partial charge >= 0.3 is 0 Å². The third-order valence-corrected chi connectivity index (χ3v) is 5.10. The van der Waals surface area contributed by atoms with Gasteiger partial charge in [-0.1, -0.05) is 38.8 Å². The van der Waals surface area contributed by atoms with Crippen LogP contribution in [0.15, 0.2) is 18.2 Å². The zero-order valence-corrected chi connectivity index (χ0v) is 13.8. The number of anilines is 1. The van der Waals surface area contributed by atoms with Crippen molar-refractivity contribution in [3.63, 3.8) is 0 Å². The molecule has 1 aliphatic carbocycles. The van der Waals surface area contributed by atoms with Gasteiger partial charge in [0.05, 0.1) is 0 Å². The molecule has 0 saturated heterocycles. The average molecular weight is 290 g/mol. The second kappa shape index (κ2) is 6.57. The van der Waals surface area contributed by atoms with Gasteiger partial charge in [0.15, 0.2) is 5.11 Å². The second-order valence-electron chi connectivity index (χ2n) is 6.22. The number of nitrogens with one attached hydrogen (secondary N) is 2. The Balaban J connectivity index is 1.97. The molecule has 0 unspecified atom stereocenters. The highest BCUT2D eigenvalue weighted by atomic mass is 32.1. The highest BCUT2D eigenvalue weighted by Gasteiger charge is 2.27. The first-order chi connectivity index (χ1) is 9.49. The second-order valence-corrected chi connectivity index (χ2v) is 6.63. The summed E-state index contributed by atoms with van der Waals surface area (Å²) in [7, 11) is 0. The van der Waals surface area contributed by atoms with Crippen molar-refractivity contribution < 1.29 is 0 Å². The van der Waals surface area contributed by atoms with Crippen LogP contribution in [0.1, 0.15) is 44.2 Å². The van der Waals surface area contributed by atoms with E-state index in [4.69, 9.17) is 12.2 Å². The van der Waals surface area contributed by atoms with Crippen molar-refractivity contribution in [1.82, 2.24) is 5.32 Å². The Bertz CT molecular complexity index is 484. The molecule has 0 aromatic heterocycles. The van der Waals surface area contributed by atoms with Gasteiger partial charge in [-0.25, -0.2) is 0 Å². The quantitative estimate of drug-likeness (QED) is 0.789. The van der Waals surface area contributed by atoms with Crippen LogP contribution in [0.2, 0.25) is 0 Å². The molecule has 1 aromatic rings. The first-order valence-electron chi connectivity index (χ1n) is 7.62. The molecule has 0 aliphatic heterocycles. The van der Waals surface area contributed by atoms with Gasteiger partial charge in [0.2, 0.25) is 0 Å². The van der Waals surface area contributed by atoms with E-state index in [0.717, 1.165) is 16.7 Å². The van der Waals surface area contributed by atoms with Gasteiger partial charge < -0.3 is 10.6 Å². The maximum atomic E-state index is 5.49. The molecule has 3 atom stereocenters. The Kier molecular flexibility index (Phi) is 5.03. The monoisotopic (exact) mass is 290 g/mol. The molecule has 0 heterocycles. The van der Waals surface area contributed by atoms with Crippen molar-refractivity contribution in [2.75, 3.05) is 5.32 Å². The Morgan fingerprint density at radius 2 is 1.95 bits per heavy atom. The number of hydrogen-bond donors (Lipinski definition) is 2. The molecule has 0 amide bonds. The zero-order chi connectivity index (χ0) is 14.7. The minimum absolute atomic E-state index is 0.504. The largest absolute Gasteiger partial charge is 0.359 e. The Labute approximate surface area is 128 Å². The average Bonchev–Trinajstić information content (AvgIpc) is 2.40. The van der Waals surface area contributed by atoms with Gasteiger partial charge in [0.1, 0.15) is 0 Å². The summed E-state index contributed by atoms with van der Waals surface area (Å²) in [5, 5.41) is 7.62. The van der Waals surface area contributed by atoms with E-state index >= 15 is 0 Å². The summed E-state index contributed by atoms with van der Waals surface area (Å²) < 4.78 is 0. The zero-order valence-electron chi connectivity index (χ0n) is 13.0. The SMILES string of the molecule is Cc1cccc(NC(=S)N[C@@H]2CCC[C@@H](C)[C@H]2C)c1C. The van der Waals surface area contributed by atoms with E-state index < -0.39 is 0 Å². The molecule has 3 heteroatoms. The van der Waals surface area contributed by atoms with E-state index in [9.17, 15) is 0 Å². The summed E-state index contributed by atoms with van der Waals surface area (Å²) in [5.74, 6) is 1.46. The van der Waals surface area contributed by atoms with Crippen molar-refractivity contribution >= 4 is 23.0 Å². The molecule has 1 aliphatic rings. The van der Waals surface area contributed by atoms with Crippen molar-refractivity contribution in [3.8, 4) is 0 Å². The van der Waals surface area contributed by atoms with Gasteiger partial charge in [-0.3, -0.25) is 0 Å². The van der Waals surface area contributed by atoms with Crippen LogP contribution < -0.4 is 10.6 Å². The predicted molar refractivity (Wildman–Crippen MR) is 91.2 cm³/mol. The molecule has 2 nitrogen and oxygen atoms in total. The van der Waals surface area contributed by atoms with E-state index in [1.165, 1.54) is 30.4 Å². The molecule has 1 saturated carbocycles. The first kappa shape index (κ1) is 15.3. The molecule has 110 valence electrons. The van der Waals surface area contributed by atoms with Crippen molar-refractivity contribution in [1.29, 1.82) is 0 Å². The van der Waals surface area contributed by atoms with Crippen LogP contribution >= 0.6 is 12.2 Å². The minimum atomic E-state index is 0.504. The lowest BCUT2D eigenvalue weighted by atomic mass is 9.78.